The second kappa shape index (κ2) is 9.49. The van der Waals surface area contributed by atoms with Crippen LogP contribution in [-0.4, -0.2) is 37.2 Å². The first kappa shape index (κ1) is 24.2. The van der Waals surface area contributed by atoms with Crippen molar-refractivity contribution in [1.29, 1.82) is 0 Å². The van der Waals surface area contributed by atoms with Crippen LogP contribution in [0.1, 0.15) is 58.5 Å². The topological polar surface area (TPSA) is 85.9 Å². The Morgan fingerprint density at radius 1 is 1.08 bits per heavy atom. The Bertz CT molecular complexity index is 1410. The van der Waals surface area contributed by atoms with Crippen LogP contribution in [-0.2, 0) is 0 Å². The molecule has 1 saturated carbocycles. The molecule has 0 spiro atoms. The van der Waals surface area contributed by atoms with Gasteiger partial charge in [-0.15, -0.1) is 0 Å². The van der Waals surface area contributed by atoms with E-state index < -0.39 is 7.12 Å². The summed E-state index contributed by atoms with van der Waals surface area (Å²) in [5.74, 6) is 0.495. The highest BCUT2D eigenvalue weighted by Crippen LogP contribution is 2.48. The lowest BCUT2D eigenvalue weighted by atomic mass is 9.70. The van der Waals surface area contributed by atoms with E-state index >= 15 is 0 Å². The number of carbonyl (C=O) groups excluding carboxylic acids is 1. The quantitative estimate of drug-likeness (QED) is 0.302. The minimum atomic E-state index is -1.39. The lowest BCUT2D eigenvalue weighted by Gasteiger charge is -2.23. The van der Waals surface area contributed by atoms with Gasteiger partial charge < -0.3 is 24.7 Å². The Labute approximate surface area is 211 Å². The molecule has 7 heteroatoms. The number of hydrogen-bond acceptors (Lipinski definition) is 5. The monoisotopic (exact) mass is 482 g/mol. The van der Waals surface area contributed by atoms with E-state index in [-0.39, 0.29) is 11.7 Å². The fourth-order valence-corrected chi connectivity index (χ4v) is 4.73. The van der Waals surface area contributed by atoms with Crippen molar-refractivity contribution in [1.82, 2.24) is 5.32 Å². The van der Waals surface area contributed by atoms with E-state index in [1.165, 1.54) is 5.56 Å². The Morgan fingerprint density at radius 2 is 1.75 bits per heavy atom. The van der Waals surface area contributed by atoms with Gasteiger partial charge in [-0.1, -0.05) is 48.9 Å². The molecular formula is C29H31BN2O4. The van der Waals surface area contributed by atoms with Gasteiger partial charge in [0.05, 0.1) is 5.56 Å². The molecule has 184 valence electrons. The number of rotatable bonds is 7. The zero-order chi connectivity index (χ0) is 25.6. The number of anilines is 2. The molecule has 1 unspecified atom stereocenters. The fraction of sp³-hybridized carbons (Fsp3) is 0.276. The first-order valence-electron chi connectivity index (χ1n) is 12.4. The number of amides is 1. The maximum atomic E-state index is 13.0. The SMILES string of the molecule is CNC(=O)c1c(-c2ccc(C)cc2)oc2cc(N(C)c3ccc(C(C)B(O)O)cc3)c(C3CC3)cc12. The summed E-state index contributed by atoms with van der Waals surface area (Å²) >= 11 is 0. The molecule has 3 aromatic carbocycles. The molecule has 1 aliphatic rings. The third-order valence-electron chi connectivity index (χ3n) is 7.24. The molecule has 1 fully saturated rings. The van der Waals surface area contributed by atoms with E-state index in [2.05, 4.69) is 16.3 Å². The maximum absolute atomic E-state index is 13.0. The van der Waals surface area contributed by atoms with Crippen LogP contribution in [0.4, 0.5) is 11.4 Å². The predicted octanol–water partition coefficient (Wildman–Crippen LogP) is 5.53. The van der Waals surface area contributed by atoms with E-state index in [1.807, 2.05) is 68.6 Å². The number of aryl methyl sites for hydroxylation is 1. The predicted molar refractivity (Wildman–Crippen MR) is 145 cm³/mol. The summed E-state index contributed by atoms with van der Waals surface area (Å²) in [5.41, 5.74) is 7.34. The number of fused-ring (bicyclic) bond motifs is 1. The molecule has 0 aliphatic heterocycles. The van der Waals surface area contributed by atoms with E-state index in [1.54, 1.807) is 14.0 Å². The average molecular weight is 482 g/mol. The number of nitrogens with one attached hydrogen (secondary N) is 1. The van der Waals surface area contributed by atoms with Gasteiger partial charge in [0.25, 0.3) is 5.91 Å². The van der Waals surface area contributed by atoms with Crippen molar-refractivity contribution in [2.75, 3.05) is 19.0 Å². The summed E-state index contributed by atoms with van der Waals surface area (Å²) in [6.45, 7) is 3.82. The maximum Gasteiger partial charge on any atom is 0.459 e. The number of hydrogen-bond donors (Lipinski definition) is 3. The van der Waals surface area contributed by atoms with Crippen LogP contribution in [0, 0.1) is 6.92 Å². The third-order valence-corrected chi connectivity index (χ3v) is 7.24. The van der Waals surface area contributed by atoms with Gasteiger partial charge >= 0.3 is 7.12 Å². The first-order chi connectivity index (χ1) is 17.3. The Morgan fingerprint density at radius 3 is 2.33 bits per heavy atom. The van der Waals surface area contributed by atoms with Crippen molar-refractivity contribution >= 4 is 35.4 Å². The molecule has 6 nitrogen and oxygen atoms in total. The molecule has 1 heterocycles. The van der Waals surface area contributed by atoms with Gasteiger partial charge in [0.15, 0.2) is 0 Å². The lowest BCUT2D eigenvalue weighted by Crippen LogP contribution is -2.20. The van der Waals surface area contributed by atoms with Crippen molar-refractivity contribution < 1.29 is 19.3 Å². The van der Waals surface area contributed by atoms with Gasteiger partial charge in [0.2, 0.25) is 0 Å². The average Bonchev–Trinajstić information content (AvgIpc) is 3.67. The standard InChI is InChI=1S/C29H31BN2O4/c1-17-5-7-21(8-6-17)28-27(29(33)31-3)24-15-23(20-9-10-20)25(16-26(24)36-28)32(4)22-13-11-19(12-14-22)18(2)30(34)35/h5-8,11-16,18,20,34-35H,9-10H2,1-4H3,(H,31,33). The lowest BCUT2D eigenvalue weighted by molar-refractivity contribution is 0.0964. The molecule has 0 bridgehead atoms. The zero-order valence-corrected chi connectivity index (χ0v) is 21.1. The number of furan rings is 1. The Kier molecular flexibility index (Phi) is 6.37. The summed E-state index contributed by atoms with van der Waals surface area (Å²) in [4.78, 5) is 15.1. The van der Waals surface area contributed by atoms with E-state index in [0.717, 1.165) is 46.3 Å². The van der Waals surface area contributed by atoms with E-state index in [9.17, 15) is 14.8 Å². The molecule has 0 saturated heterocycles. The van der Waals surface area contributed by atoms with E-state index in [4.69, 9.17) is 4.42 Å². The van der Waals surface area contributed by atoms with Crippen molar-refractivity contribution in [2.45, 2.75) is 38.4 Å². The minimum Gasteiger partial charge on any atom is -0.455 e. The summed E-state index contributed by atoms with van der Waals surface area (Å²) in [6, 6.07) is 20.0. The molecule has 1 atom stereocenters. The molecule has 1 aromatic heterocycles. The van der Waals surface area contributed by atoms with Crippen LogP contribution >= 0.6 is 0 Å². The molecule has 1 amide bonds. The largest absolute Gasteiger partial charge is 0.459 e. The molecule has 4 aromatic rings. The number of benzene rings is 3. The first-order valence-corrected chi connectivity index (χ1v) is 12.4. The highest BCUT2D eigenvalue weighted by molar-refractivity contribution is 6.43. The summed E-state index contributed by atoms with van der Waals surface area (Å²) < 4.78 is 6.36. The van der Waals surface area contributed by atoms with Crippen molar-refractivity contribution in [3.63, 3.8) is 0 Å². The van der Waals surface area contributed by atoms with Gasteiger partial charge in [0, 0.05) is 48.3 Å². The number of carbonyl (C=O) groups is 1. The Hall–Kier alpha value is -3.55. The van der Waals surface area contributed by atoms with Gasteiger partial charge in [-0.25, -0.2) is 0 Å². The minimum absolute atomic E-state index is 0.164. The highest BCUT2D eigenvalue weighted by Gasteiger charge is 2.31. The third kappa shape index (κ3) is 4.40. The molecule has 3 N–H and O–H groups in total. The Balaban J connectivity index is 1.62. The second-order valence-electron chi connectivity index (χ2n) is 9.79. The van der Waals surface area contributed by atoms with Crippen molar-refractivity contribution in [2.24, 2.45) is 0 Å². The highest BCUT2D eigenvalue weighted by atomic mass is 16.4. The second-order valence-corrected chi connectivity index (χ2v) is 9.79. The van der Waals surface area contributed by atoms with Gasteiger partial charge in [0.1, 0.15) is 11.3 Å². The molecule has 0 radical (unpaired) electrons. The van der Waals surface area contributed by atoms with Crippen molar-refractivity contribution in [3.8, 4) is 11.3 Å². The van der Waals surface area contributed by atoms with Crippen LogP contribution in [0.3, 0.4) is 0 Å². The van der Waals surface area contributed by atoms with Crippen LogP contribution in [0.15, 0.2) is 65.1 Å². The van der Waals surface area contributed by atoms with Gasteiger partial charge in [-0.3, -0.25) is 4.79 Å². The van der Waals surface area contributed by atoms with Crippen LogP contribution in [0.5, 0.6) is 0 Å². The van der Waals surface area contributed by atoms with Crippen LogP contribution < -0.4 is 10.2 Å². The zero-order valence-electron chi connectivity index (χ0n) is 21.1. The molecule has 1 aliphatic carbocycles. The van der Waals surface area contributed by atoms with Crippen molar-refractivity contribution in [3.05, 3.63) is 82.9 Å². The van der Waals surface area contributed by atoms with Gasteiger partial charge in [-0.2, -0.15) is 0 Å². The normalized spacial score (nSPS) is 14.1. The molecule has 36 heavy (non-hydrogen) atoms. The summed E-state index contributed by atoms with van der Waals surface area (Å²) in [6.07, 6.45) is 2.24. The van der Waals surface area contributed by atoms with Crippen LogP contribution in [0.25, 0.3) is 22.3 Å². The van der Waals surface area contributed by atoms with Crippen LogP contribution in [0.2, 0.25) is 0 Å². The smallest absolute Gasteiger partial charge is 0.455 e. The fourth-order valence-electron chi connectivity index (χ4n) is 4.73. The van der Waals surface area contributed by atoms with E-state index in [0.29, 0.717) is 22.8 Å². The number of nitrogens with zero attached hydrogens (tertiary/aromatic N) is 1. The summed E-state index contributed by atoms with van der Waals surface area (Å²) in [7, 11) is 2.27. The van der Waals surface area contributed by atoms with Gasteiger partial charge in [-0.05, 0) is 55.0 Å². The molecular weight excluding hydrogens is 451 g/mol. The summed E-state index contributed by atoms with van der Waals surface area (Å²) in [5, 5.41) is 22.6. The molecule has 5 rings (SSSR count).